The molecule has 1 aromatic carbocycles. The Kier molecular flexibility index (Phi) is 3.25. The van der Waals surface area contributed by atoms with Gasteiger partial charge in [0.2, 0.25) is 19.7 Å². The van der Waals surface area contributed by atoms with Crippen LogP contribution in [0.1, 0.15) is 13.8 Å². The first kappa shape index (κ1) is 12.9. The van der Waals surface area contributed by atoms with Crippen molar-refractivity contribution in [1.82, 2.24) is 0 Å². The van der Waals surface area contributed by atoms with Crippen molar-refractivity contribution in [2.75, 3.05) is 0 Å². The zero-order valence-corrected chi connectivity index (χ0v) is 10.6. The number of sulfone groups is 2. The second-order valence-corrected chi connectivity index (χ2v) is 6.96. The van der Waals surface area contributed by atoms with Crippen LogP contribution in [-0.2, 0) is 19.7 Å². The largest absolute Gasteiger partial charge is 0.218 e. The van der Waals surface area contributed by atoms with Crippen molar-refractivity contribution in [3.63, 3.8) is 0 Å². The van der Waals surface area contributed by atoms with Crippen LogP contribution in [0.3, 0.4) is 0 Å². The van der Waals surface area contributed by atoms with Gasteiger partial charge in [0, 0.05) is 0 Å². The summed E-state index contributed by atoms with van der Waals surface area (Å²) >= 11 is 0. The highest BCUT2D eigenvalue weighted by Gasteiger charge is 2.42. The predicted molar refractivity (Wildman–Crippen MR) is 61.3 cm³/mol. The summed E-state index contributed by atoms with van der Waals surface area (Å²) in [5.74, 6) is 0. The van der Waals surface area contributed by atoms with Gasteiger partial charge in [-0.3, -0.25) is 0 Å². The fourth-order valence-corrected chi connectivity index (χ4v) is 5.31. The molecule has 1 heterocycles. The van der Waals surface area contributed by atoms with Crippen LogP contribution in [0, 0.1) is 0 Å². The van der Waals surface area contributed by atoms with Crippen molar-refractivity contribution in [1.29, 1.82) is 0 Å². The topological polar surface area (TPSA) is 68.3 Å². The molecule has 0 atom stereocenters. The summed E-state index contributed by atoms with van der Waals surface area (Å²) in [6.45, 7) is 7.10. The van der Waals surface area contributed by atoms with Gasteiger partial charge in [-0.25, -0.2) is 16.8 Å². The van der Waals surface area contributed by atoms with E-state index in [1.807, 2.05) is 13.8 Å². The lowest BCUT2D eigenvalue weighted by Crippen LogP contribution is -2.01. The molecule has 6 heteroatoms. The Morgan fingerprint density at radius 2 is 1.19 bits per heavy atom. The summed E-state index contributed by atoms with van der Waals surface area (Å²) in [7, 11) is -7.75. The van der Waals surface area contributed by atoms with Crippen LogP contribution >= 0.6 is 0 Å². The first-order chi connectivity index (χ1) is 7.38. The third kappa shape index (κ3) is 1.58. The molecule has 16 heavy (non-hydrogen) atoms. The molecule has 4 nitrogen and oxygen atoms in total. The van der Waals surface area contributed by atoms with Crippen LogP contribution in [0.4, 0.5) is 0 Å². The quantitative estimate of drug-likeness (QED) is 0.712. The monoisotopic (exact) mass is 260 g/mol. The number of benzene rings is 1. The van der Waals surface area contributed by atoms with Gasteiger partial charge in [0.1, 0.15) is 0 Å². The summed E-state index contributed by atoms with van der Waals surface area (Å²) in [6.07, 6.45) is 0. The van der Waals surface area contributed by atoms with Crippen molar-refractivity contribution in [2.45, 2.75) is 23.6 Å². The zero-order valence-electron chi connectivity index (χ0n) is 8.97. The Hall–Kier alpha value is -1.14. The molecular weight excluding hydrogens is 248 g/mol. The number of hydrogen-bond acceptors (Lipinski definition) is 4. The average molecular weight is 260 g/mol. The molecule has 0 N–H and O–H groups in total. The minimum absolute atomic E-state index is 0.176. The van der Waals surface area contributed by atoms with Crippen molar-refractivity contribution in [3.05, 3.63) is 35.1 Å². The maximum absolute atomic E-state index is 11.5. The number of fused-ring (bicyclic) bond motifs is 1. The minimum Gasteiger partial charge on any atom is -0.218 e. The first-order valence-corrected chi connectivity index (χ1v) is 7.63. The van der Waals surface area contributed by atoms with Crippen LogP contribution in [0.5, 0.6) is 0 Å². The molecule has 0 fully saturated rings. The third-order valence-electron chi connectivity index (χ3n) is 2.03. The predicted octanol–water partition coefficient (Wildman–Crippen LogP) is 1.75. The van der Waals surface area contributed by atoms with Crippen molar-refractivity contribution in [3.8, 4) is 0 Å². The Labute approximate surface area is 95.5 Å². The van der Waals surface area contributed by atoms with Gasteiger partial charge in [-0.2, -0.15) is 0 Å². The average Bonchev–Trinajstić information content (AvgIpc) is 2.42. The van der Waals surface area contributed by atoms with E-state index >= 15 is 0 Å². The van der Waals surface area contributed by atoms with Crippen LogP contribution in [-0.4, -0.2) is 16.8 Å². The van der Waals surface area contributed by atoms with Gasteiger partial charge in [0.15, 0.2) is 4.24 Å². The Balaban J connectivity index is 0.000000606. The molecule has 1 aliphatic heterocycles. The van der Waals surface area contributed by atoms with E-state index in [1.54, 1.807) is 0 Å². The lowest BCUT2D eigenvalue weighted by molar-refractivity contribution is 0.603. The van der Waals surface area contributed by atoms with Crippen LogP contribution in [0.15, 0.2) is 44.9 Å². The molecule has 0 saturated heterocycles. The second-order valence-electron chi connectivity index (χ2n) is 2.83. The van der Waals surface area contributed by atoms with Crippen LogP contribution in [0.25, 0.3) is 0 Å². The van der Waals surface area contributed by atoms with Gasteiger partial charge in [0.25, 0.3) is 0 Å². The lowest BCUT2D eigenvalue weighted by atomic mass is 10.4. The van der Waals surface area contributed by atoms with E-state index in [1.165, 1.54) is 24.3 Å². The number of rotatable bonds is 0. The van der Waals surface area contributed by atoms with Gasteiger partial charge >= 0.3 is 0 Å². The molecule has 0 aliphatic carbocycles. The van der Waals surface area contributed by atoms with Gasteiger partial charge in [-0.15, -0.1) is 0 Å². The zero-order chi connectivity index (χ0) is 12.6. The van der Waals surface area contributed by atoms with E-state index in [2.05, 4.69) is 6.58 Å². The molecule has 1 aromatic rings. The molecule has 0 saturated carbocycles. The molecule has 2 rings (SSSR count). The van der Waals surface area contributed by atoms with Crippen molar-refractivity contribution in [2.24, 2.45) is 0 Å². The molecule has 0 unspecified atom stereocenters. The normalized spacial score (nSPS) is 19.5. The fourth-order valence-electron chi connectivity index (χ4n) is 1.28. The van der Waals surface area contributed by atoms with Crippen molar-refractivity contribution >= 4 is 19.7 Å². The Morgan fingerprint density at radius 1 is 0.875 bits per heavy atom. The van der Waals surface area contributed by atoms with Crippen LogP contribution < -0.4 is 0 Å². The molecular formula is C10H12O4S2. The maximum Gasteiger partial charge on any atom is 0.218 e. The SMILES string of the molecule is C=C1S(=O)(=O)c2ccccc2S1(=O)=O.CC. The molecule has 0 amide bonds. The van der Waals surface area contributed by atoms with Gasteiger partial charge in [-0.1, -0.05) is 32.6 Å². The van der Waals surface area contributed by atoms with Crippen LogP contribution in [0.2, 0.25) is 0 Å². The van der Waals surface area contributed by atoms with E-state index in [9.17, 15) is 16.8 Å². The third-order valence-corrected chi connectivity index (χ3v) is 6.54. The smallest absolute Gasteiger partial charge is 0.218 e. The first-order valence-electron chi connectivity index (χ1n) is 4.66. The fraction of sp³-hybridized carbons (Fsp3) is 0.200. The van der Waals surface area contributed by atoms with Crippen molar-refractivity contribution < 1.29 is 16.8 Å². The lowest BCUT2D eigenvalue weighted by Gasteiger charge is -1.91. The minimum atomic E-state index is -3.87. The summed E-state index contributed by atoms with van der Waals surface area (Å²) in [5.41, 5.74) is 0. The summed E-state index contributed by atoms with van der Waals surface area (Å²) in [6, 6.07) is 5.48. The van der Waals surface area contributed by atoms with E-state index in [0.29, 0.717) is 0 Å². The molecule has 0 aromatic heterocycles. The standard InChI is InChI=1S/C8H6O4S2.C2H6/c1-6-13(9,10)7-4-2-3-5-8(7)14(6,11)12;1-2/h2-5H,1H2;1-2H3. The van der Waals surface area contributed by atoms with E-state index in [4.69, 9.17) is 0 Å². The van der Waals surface area contributed by atoms with Gasteiger partial charge in [0.05, 0.1) is 9.79 Å². The Morgan fingerprint density at radius 3 is 1.50 bits per heavy atom. The number of hydrogen-bond donors (Lipinski definition) is 0. The summed E-state index contributed by atoms with van der Waals surface area (Å²) < 4.78 is 45.4. The summed E-state index contributed by atoms with van der Waals surface area (Å²) in [4.78, 5) is -0.352. The maximum atomic E-state index is 11.5. The molecule has 0 radical (unpaired) electrons. The highest BCUT2D eigenvalue weighted by molar-refractivity contribution is 8.16. The van der Waals surface area contributed by atoms with E-state index in [0.717, 1.165) is 0 Å². The molecule has 1 aliphatic rings. The Bertz CT molecular complexity index is 570. The summed E-state index contributed by atoms with van der Waals surface area (Å²) in [5, 5.41) is 0. The molecule has 88 valence electrons. The highest BCUT2D eigenvalue weighted by atomic mass is 32.3. The molecule has 0 spiro atoms. The molecule has 0 bridgehead atoms. The van der Waals surface area contributed by atoms with E-state index in [-0.39, 0.29) is 9.79 Å². The van der Waals surface area contributed by atoms with E-state index < -0.39 is 23.9 Å². The van der Waals surface area contributed by atoms with Gasteiger partial charge in [-0.05, 0) is 12.1 Å². The van der Waals surface area contributed by atoms with Gasteiger partial charge < -0.3 is 0 Å². The second kappa shape index (κ2) is 4.03. The highest BCUT2D eigenvalue weighted by Crippen LogP contribution is 2.38.